The van der Waals surface area contributed by atoms with Gasteiger partial charge < -0.3 is 9.64 Å². The van der Waals surface area contributed by atoms with E-state index in [2.05, 4.69) is 21.8 Å². The fourth-order valence-corrected chi connectivity index (χ4v) is 5.94. The number of carbonyl (C=O) groups excluding carboxylic acids is 1. The van der Waals surface area contributed by atoms with Crippen LogP contribution in [0.15, 0.2) is 24.3 Å². The van der Waals surface area contributed by atoms with E-state index >= 15 is 0 Å². The molecule has 9 heteroatoms. The number of benzene rings is 1. The highest BCUT2D eigenvalue weighted by atomic mass is 35.5. The van der Waals surface area contributed by atoms with Gasteiger partial charge in [-0.2, -0.15) is 13.2 Å². The van der Waals surface area contributed by atoms with Gasteiger partial charge in [0.1, 0.15) is 0 Å². The topological polar surface area (TPSA) is 32.8 Å². The molecule has 2 saturated heterocycles. The van der Waals surface area contributed by atoms with Crippen molar-refractivity contribution in [1.82, 2.24) is 9.80 Å². The second kappa shape index (κ2) is 8.20. The molecule has 0 bridgehead atoms. The molecule has 1 aromatic carbocycles. The van der Waals surface area contributed by atoms with Crippen LogP contribution in [0, 0.1) is 0 Å². The standard InChI is InChI=1S/C21H24ClF3N2O2S/c1-14(21(23,24)25)29-19(28)26-10-7-20(8-11-26)6-3-9-27(20)13-15-12-16-17(22)4-2-5-18(16)30-15/h2,4-5,12,14H,3,6-11,13H2,1H3. The molecule has 1 spiro atoms. The number of hydrogen-bond acceptors (Lipinski definition) is 4. The Balaban J connectivity index is 1.40. The first-order chi connectivity index (χ1) is 14.2. The van der Waals surface area contributed by atoms with Gasteiger partial charge in [0.15, 0.2) is 6.10 Å². The van der Waals surface area contributed by atoms with Crippen LogP contribution >= 0.6 is 22.9 Å². The number of ether oxygens (including phenoxy) is 1. The molecule has 2 fully saturated rings. The molecule has 2 aliphatic heterocycles. The Morgan fingerprint density at radius 1 is 1.27 bits per heavy atom. The number of amides is 1. The van der Waals surface area contributed by atoms with Crippen molar-refractivity contribution in [2.45, 2.75) is 57.0 Å². The predicted molar refractivity (Wildman–Crippen MR) is 112 cm³/mol. The highest BCUT2D eigenvalue weighted by Crippen LogP contribution is 2.41. The van der Waals surface area contributed by atoms with E-state index in [-0.39, 0.29) is 5.54 Å². The summed E-state index contributed by atoms with van der Waals surface area (Å²) in [7, 11) is 0. The van der Waals surface area contributed by atoms with E-state index in [1.165, 1.54) is 14.5 Å². The summed E-state index contributed by atoms with van der Waals surface area (Å²) in [5.41, 5.74) is -0.00755. The number of rotatable bonds is 3. The van der Waals surface area contributed by atoms with E-state index in [1.807, 2.05) is 12.1 Å². The van der Waals surface area contributed by atoms with E-state index in [1.54, 1.807) is 11.3 Å². The minimum Gasteiger partial charge on any atom is -0.437 e. The second-order valence-corrected chi connectivity index (χ2v) is 9.74. The van der Waals surface area contributed by atoms with E-state index in [4.69, 9.17) is 11.6 Å². The third kappa shape index (κ3) is 4.27. The number of piperidine rings is 1. The molecule has 4 nitrogen and oxygen atoms in total. The van der Waals surface area contributed by atoms with E-state index in [0.29, 0.717) is 13.1 Å². The molecule has 2 aliphatic rings. The fraction of sp³-hybridized carbons (Fsp3) is 0.571. The third-order valence-electron chi connectivity index (χ3n) is 6.34. The summed E-state index contributed by atoms with van der Waals surface area (Å²) >= 11 is 8.06. The smallest absolute Gasteiger partial charge is 0.425 e. The largest absolute Gasteiger partial charge is 0.437 e. The Morgan fingerprint density at radius 2 is 2.00 bits per heavy atom. The van der Waals surface area contributed by atoms with Crippen LogP contribution in [0.2, 0.25) is 5.02 Å². The summed E-state index contributed by atoms with van der Waals surface area (Å²) in [4.78, 5) is 17.3. The van der Waals surface area contributed by atoms with E-state index < -0.39 is 18.4 Å². The lowest BCUT2D eigenvalue weighted by atomic mass is 9.85. The minimum absolute atomic E-state index is 0.00755. The van der Waals surface area contributed by atoms with Crippen molar-refractivity contribution in [2.75, 3.05) is 19.6 Å². The van der Waals surface area contributed by atoms with Gasteiger partial charge in [-0.15, -0.1) is 11.3 Å². The normalized spacial score (nSPS) is 20.8. The molecular weight excluding hydrogens is 437 g/mol. The first kappa shape index (κ1) is 21.7. The number of fused-ring (bicyclic) bond motifs is 1. The Labute approximate surface area is 182 Å². The van der Waals surface area contributed by atoms with Crippen LogP contribution in [0.4, 0.5) is 18.0 Å². The number of halogens is 4. The number of likely N-dealkylation sites (tertiary alicyclic amines) is 2. The molecule has 4 rings (SSSR count). The maximum absolute atomic E-state index is 12.7. The fourth-order valence-electron chi connectivity index (χ4n) is 4.55. The maximum Gasteiger partial charge on any atom is 0.425 e. The van der Waals surface area contributed by atoms with Crippen LogP contribution in [0.25, 0.3) is 10.1 Å². The SMILES string of the molecule is CC(OC(=O)N1CCC2(CCCN2Cc2cc3c(Cl)cccc3s2)CC1)C(F)(F)F. The van der Waals surface area contributed by atoms with Crippen LogP contribution in [-0.2, 0) is 11.3 Å². The summed E-state index contributed by atoms with van der Waals surface area (Å²) in [6.07, 6.45) is -3.89. The number of carbonyl (C=O) groups is 1. The number of hydrogen-bond donors (Lipinski definition) is 0. The molecular formula is C21H24ClF3N2O2S. The third-order valence-corrected chi connectivity index (χ3v) is 7.75. The van der Waals surface area contributed by atoms with Gasteiger partial charge in [0.2, 0.25) is 0 Å². The van der Waals surface area contributed by atoms with E-state index in [9.17, 15) is 18.0 Å². The highest BCUT2D eigenvalue weighted by molar-refractivity contribution is 7.19. The van der Waals surface area contributed by atoms with Gasteiger partial charge in [0.05, 0.1) is 0 Å². The van der Waals surface area contributed by atoms with Gasteiger partial charge in [-0.3, -0.25) is 4.90 Å². The maximum atomic E-state index is 12.7. The first-order valence-corrected chi connectivity index (χ1v) is 11.3. The summed E-state index contributed by atoms with van der Waals surface area (Å²) in [6, 6.07) is 8.07. The lowest BCUT2D eigenvalue weighted by molar-refractivity contribution is -0.200. The summed E-state index contributed by atoms with van der Waals surface area (Å²) in [5, 5.41) is 1.83. The van der Waals surface area contributed by atoms with E-state index in [0.717, 1.165) is 56.1 Å². The molecule has 0 aliphatic carbocycles. The number of thiophene rings is 1. The average Bonchev–Trinajstić information content (AvgIpc) is 3.27. The van der Waals surface area contributed by atoms with Crippen molar-refractivity contribution in [3.05, 3.63) is 34.2 Å². The molecule has 1 unspecified atom stereocenters. The van der Waals surface area contributed by atoms with Gasteiger partial charge in [0.25, 0.3) is 0 Å². The molecule has 2 aromatic rings. The zero-order chi connectivity index (χ0) is 21.5. The summed E-state index contributed by atoms with van der Waals surface area (Å²) in [6.45, 7) is 3.50. The molecule has 30 heavy (non-hydrogen) atoms. The molecule has 3 heterocycles. The van der Waals surface area contributed by atoms with Crippen LogP contribution in [-0.4, -0.2) is 53.3 Å². The van der Waals surface area contributed by atoms with Gasteiger partial charge >= 0.3 is 12.3 Å². The Bertz CT molecular complexity index is 925. The van der Waals surface area contributed by atoms with Gasteiger partial charge in [-0.1, -0.05) is 17.7 Å². The average molecular weight is 461 g/mol. The first-order valence-electron chi connectivity index (χ1n) is 10.1. The highest BCUT2D eigenvalue weighted by Gasteiger charge is 2.45. The second-order valence-electron chi connectivity index (χ2n) is 8.17. The van der Waals surface area contributed by atoms with Crippen LogP contribution in [0.1, 0.15) is 37.5 Å². The summed E-state index contributed by atoms with van der Waals surface area (Å²) < 4.78 is 43.8. The van der Waals surface area contributed by atoms with Gasteiger partial charge in [-0.25, -0.2) is 4.79 Å². The van der Waals surface area contributed by atoms with Gasteiger partial charge in [-0.05, 0) is 57.4 Å². The Morgan fingerprint density at radius 3 is 2.67 bits per heavy atom. The molecule has 164 valence electrons. The van der Waals surface area contributed by atoms with Crippen LogP contribution < -0.4 is 0 Å². The van der Waals surface area contributed by atoms with Crippen molar-refractivity contribution in [3.8, 4) is 0 Å². The van der Waals surface area contributed by atoms with Crippen molar-refractivity contribution in [2.24, 2.45) is 0 Å². The Hall–Kier alpha value is -1.51. The lowest BCUT2D eigenvalue weighted by Crippen LogP contribution is -2.53. The zero-order valence-electron chi connectivity index (χ0n) is 16.7. The predicted octanol–water partition coefficient (Wildman–Crippen LogP) is 6.07. The Kier molecular flexibility index (Phi) is 5.94. The van der Waals surface area contributed by atoms with Crippen LogP contribution in [0.5, 0.6) is 0 Å². The zero-order valence-corrected chi connectivity index (χ0v) is 18.2. The lowest BCUT2D eigenvalue weighted by Gasteiger charge is -2.44. The van der Waals surface area contributed by atoms with Crippen molar-refractivity contribution in [3.63, 3.8) is 0 Å². The quantitative estimate of drug-likeness (QED) is 0.557. The molecule has 1 amide bonds. The molecule has 1 aromatic heterocycles. The minimum atomic E-state index is -4.54. The van der Waals surface area contributed by atoms with Crippen molar-refractivity contribution in [1.29, 1.82) is 0 Å². The van der Waals surface area contributed by atoms with Crippen molar-refractivity contribution < 1.29 is 22.7 Å². The molecule has 0 radical (unpaired) electrons. The number of nitrogens with zero attached hydrogens (tertiary/aromatic N) is 2. The summed E-state index contributed by atoms with van der Waals surface area (Å²) in [5.74, 6) is 0. The van der Waals surface area contributed by atoms with Gasteiger partial charge in [0, 0.05) is 45.2 Å². The molecule has 0 saturated carbocycles. The molecule has 0 N–H and O–H groups in total. The number of alkyl halides is 3. The van der Waals surface area contributed by atoms with Crippen LogP contribution in [0.3, 0.4) is 0 Å². The van der Waals surface area contributed by atoms with Crippen molar-refractivity contribution >= 4 is 39.1 Å². The monoisotopic (exact) mass is 460 g/mol. The molecule has 1 atom stereocenters.